The lowest BCUT2D eigenvalue weighted by Gasteiger charge is -2.30. The lowest BCUT2D eigenvalue weighted by molar-refractivity contribution is 0.0827. The number of para-hydroxylation sites is 2. The van der Waals surface area contributed by atoms with Crippen LogP contribution in [-0.4, -0.2) is 23.8 Å². The van der Waals surface area contributed by atoms with Gasteiger partial charge in [0.15, 0.2) is 17.6 Å². The van der Waals surface area contributed by atoms with E-state index in [1.54, 1.807) is 0 Å². The van der Waals surface area contributed by atoms with Gasteiger partial charge in [-0.05, 0) is 17.7 Å². The SMILES string of the molecule is Cl.c1ccc(C2CSC(C3COc4ccccc4O3)N2)cc1. The van der Waals surface area contributed by atoms with Crippen molar-refractivity contribution in [2.75, 3.05) is 12.4 Å². The van der Waals surface area contributed by atoms with Gasteiger partial charge in [0.05, 0.1) is 5.37 Å². The molecule has 5 heteroatoms. The maximum Gasteiger partial charge on any atom is 0.161 e. The average molecular weight is 336 g/mol. The fraction of sp³-hybridized carbons (Fsp3) is 0.294. The van der Waals surface area contributed by atoms with Gasteiger partial charge in [-0.15, -0.1) is 24.2 Å². The fourth-order valence-corrected chi connectivity index (χ4v) is 4.07. The highest BCUT2D eigenvalue weighted by Crippen LogP contribution is 2.37. The second-order valence-electron chi connectivity index (χ2n) is 5.30. The lowest BCUT2D eigenvalue weighted by Crippen LogP contribution is -2.43. The molecule has 2 aliphatic heterocycles. The smallest absolute Gasteiger partial charge is 0.161 e. The Balaban J connectivity index is 0.00000144. The Hall–Kier alpha value is -1.36. The van der Waals surface area contributed by atoms with Crippen LogP contribution in [0.2, 0.25) is 0 Å². The zero-order valence-electron chi connectivity index (χ0n) is 12.0. The zero-order chi connectivity index (χ0) is 14.1. The molecule has 0 amide bonds. The molecule has 0 aromatic heterocycles. The number of ether oxygens (including phenoxy) is 2. The van der Waals surface area contributed by atoms with Gasteiger partial charge in [-0.1, -0.05) is 42.5 Å². The van der Waals surface area contributed by atoms with E-state index < -0.39 is 0 Å². The molecule has 3 unspecified atom stereocenters. The van der Waals surface area contributed by atoms with Crippen molar-refractivity contribution in [1.29, 1.82) is 0 Å². The molecular weight excluding hydrogens is 318 g/mol. The molecule has 116 valence electrons. The molecule has 1 saturated heterocycles. The second kappa shape index (κ2) is 6.82. The summed E-state index contributed by atoms with van der Waals surface area (Å²) in [6.45, 7) is 0.600. The normalized spacial score (nSPS) is 26.3. The van der Waals surface area contributed by atoms with Gasteiger partial charge in [0, 0.05) is 11.8 Å². The van der Waals surface area contributed by atoms with Gasteiger partial charge >= 0.3 is 0 Å². The molecular formula is C17H18ClNO2S. The maximum absolute atomic E-state index is 6.09. The van der Waals surface area contributed by atoms with Crippen molar-refractivity contribution >= 4 is 24.2 Å². The molecule has 4 rings (SSSR count). The first-order valence-electron chi connectivity index (χ1n) is 7.21. The van der Waals surface area contributed by atoms with Crippen molar-refractivity contribution in [3.05, 3.63) is 60.2 Å². The third-order valence-corrected chi connectivity index (χ3v) is 5.20. The number of halogens is 1. The van der Waals surface area contributed by atoms with Crippen LogP contribution in [0.3, 0.4) is 0 Å². The minimum absolute atomic E-state index is 0. The Morgan fingerprint density at radius 3 is 2.50 bits per heavy atom. The molecule has 2 heterocycles. The first kappa shape index (κ1) is 15.5. The van der Waals surface area contributed by atoms with Crippen molar-refractivity contribution in [2.24, 2.45) is 0 Å². The molecule has 0 bridgehead atoms. The van der Waals surface area contributed by atoms with Crippen LogP contribution in [0.5, 0.6) is 11.5 Å². The molecule has 1 fully saturated rings. The van der Waals surface area contributed by atoms with Gasteiger partial charge in [-0.3, -0.25) is 5.32 Å². The molecule has 2 aromatic rings. The van der Waals surface area contributed by atoms with E-state index in [0.717, 1.165) is 17.3 Å². The Morgan fingerprint density at radius 1 is 0.955 bits per heavy atom. The van der Waals surface area contributed by atoms with Gasteiger partial charge in [0.2, 0.25) is 0 Å². The Kier molecular flexibility index (Phi) is 4.81. The molecule has 2 aromatic carbocycles. The van der Waals surface area contributed by atoms with Crippen LogP contribution in [0.15, 0.2) is 54.6 Å². The maximum atomic E-state index is 6.09. The highest BCUT2D eigenvalue weighted by Gasteiger charge is 2.35. The molecule has 0 aliphatic carbocycles. The van der Waals surface area contributed by atoms with Gasteiger partial charge in [0.1, 0.15) is 6.61 Å². The van der Waals surface area contributed by atoms with Crippen LogP contribution in [0.1, 0.15) is 11.6 Å². The van der Waals surface area contributed by atoms with E-state index in [2.05, 4.69) is 35.6 Å². The highest BCUT2D eigenvalue weighted by molar-refractivity contribution is 8.00. The summed E-state index contributed by atoms with van der Waals surface area (Å²) < 4.78 is 11.9. The number of rotatable bonds is 2. The first-order chi connectivity index (χ1) is 10.4. The summed E-state index contributed by atoms with van der Waals surface area (Å²) in [6, 6.07) is 18.8. The summed E-state index contributed by atoms with van der Waals surface area (Å²) in [6.07, 6.45) is 0.0543. The van der Waals surface area contributed by atoms with E-state index in [0.29, 0.717) is 12.6 Å². The summed E-state index contributed by atoms with van der Waals surface area (Å²) in [5, 5.41) is 3.93. The number of benzene rings is 2. The van der Waals surface area contributed by atoms with Crippen molar-refractivity contribution in [2.45, 2.75) is 17.5 Å². The quantitative estimate of drug-likeness (QED) is 0.907. The molecule has 3 nitrogen and oxygen atoms in total. The monoisotopic (exact) mass is 335 g/mol. The second-order valence-corrected chi connectivity index (χ2v) is 6.47. The van der Waals surface area contributed by atoms with Crippen LogP contribution in [0.4, 0.5) is 0 Å². The van der Waals surface area contributed by atoms with Gasteiger partial charge in [0.25, 0.3) is 0 Å². The van der Waals surface area contributed by atoms with Crippen molar-refractivity contribution in [3.63, 3.8) is 0 Å². The van der Waals surface area contributed by atoms with Gasteiger partial charge in [-0.25, -0.2) is 0 Å². The molecule has 0 spiro atoms. The zero-order valence-corrected chi connectivity index (χ0v) is 13.6. The number of hydrogen-bond donors (Lipinski definition) is 1. The molecule has 0 radical (unpaired) electrons. The predicted molar refractivity (Wildman–Crippen MR) is 92.2 cm³/mol. The standard InChI is InChI=1S/C17H17NO2S.ClH/c1-2-6-12(7-3-1)13-11-21-17(18-13)16-10-19-14-8-4-5-9-15(14)20-16;/h1-9,13,16-18H,10-11H2;1H. The Bertz CT molecular complexity index is 625. The third-order valence-electron chi connectivity index (χ3n) is 3.88. The minimum Gasteiger partial charge on any atom is -0.486 e. The predicted octanol–water partition coefficient (Wildman–Crippen LogP) is 3.65. The van der Waals surface area contributed by atoms with Crippen molar-refractivity contribution < 1.29 is 9.47 Å². The van der Waals surface area contributed by atoms with Crippen LogP contribution in [0, 0.1) is 0 Å². The number of fused-ring (bicyclic) bond motifs is 1. The van der Waals surface area contributed by atoms with Crippen LogP contribution in [0.25, 0.3) is 0 Å². The summed E-state index contributed by atoms with van der Waals surface area (Å²) in [7, 11) is 0. The van der Waals surface area contributed by atoms with Crippen molar-refractivity contribution in [1.82, 2.24) is 5.32 Å². The highest BCUT2D eigenvalue weighted by atomic mass is 35.5. The van der Waals surface area contributed by atoms with Crippen molar-refractivity contribution in [3.8, 4) is 11.5 Å². The summed E-state index contributed by atoms with van der Waals surface area (Å²) in [5.74, 6) is 2.76. The topological polar surface area (TPSA) is 30.5 Å². The van der Waals surface area contributed by atoms with Crippen LogP contribution in [-0.2, 0) is 0 Å². The summed E-state index contributed by atoms with van der Waals surface area (Å²) in [5.41, 5.74) is 1.34. The Morgan fingerprint density at radius 2 is 1.68 bits per heavy atom. The average Bonchev–Trinajstić information content (AvgIpc) is 3.05. The summed E-state index contributed by atoms with van der Waals surface area (Å²) in [4.78, 5) is 0. The molecule has 2 aliphatic rings. The van der Waals surface area contributed by atoms with E-state index in [9.17, 15) is 0 Å². The third kappa shape index (κ3) is 3.05. The van der Waals surface area contributed by atoms with Gasteiger partial charge < -0.3 is 9.47 Å². The number of nitrogens with one attached hydrogen (secondary N) is 1. The van der Waals surface area contributed by atoms with E-state index in [1.807, 2.05) is 36.0 Å². The fourth-order valence-electron chi connectivity index (χ4n) is 2.77. The van der Waals surface area contributed by atoms with Gasteiger partial charge in [-0.2, -0.15) is 0 Å². The summed E-state index contributed by atoms with van der Waals surface area (Å²) >= 11 is 1.91. The number of thioether (sulfide) groups is 1. The largest absolute Gasteiger partial charge is 0.486 e. The molecule has 3 atom stereocenters. The van der Waals surface area contributed by atoms with E-state index >= 15 is 0 Å². The lowest BCUT2D eigenvalue weighted by atomic mass is 10.1. The van der Waals surface area contributed by atoms with E-state index in [-0.39, 0.29) is 23.9 Å². The minimum atomic E-state index is 0. The van der Waals surface area contributed by atoms with E-state index in [1.165, 1.54) is 5.56 Å². The molecule has 22 heavy (non-hydrogen) atoms. The van der Waals surface area contributed by atoms with E-state index in [4.69, 9.17) is 9.47 Å². The van der Waals surface area contributed by atoms with Crippen LogP contribution < -0.4 is 14.8 Å². The molecule has 1 N–H and O–H groups in total. The first-order valence-corrected chi connectivity index (χ1v) is 8.26. The van der Waals surface area contributed by atoms with Crippen LogP contribution >= 0.6 is 24.2 Å². The number of hydrogen-bond acceptors (Lipinski definition) is 4. The Labute approximate surface area is 140 Å². The molecule has 0 saturated carbocycles.